The minimum absolute atomic E-state index is 1.36. The number of nitrogens with zero attached hydrogens (tertiary/aromatic N) is 1. The second-order valence-corrected chi connectivity index (χ2v) is 3.26. The molecule has 0 spiro atoms. The molecule has 0 atom stereocenters. The number of hydrogen-bond donors (Lipinski definition) is 0. The van der Waals surface area contributed by atoms with Crippen molar-refractivity contribution in [2.75, 3.05) is 13.1 Å². The van der Waals surface area contributed by atoms with Gasteiger partial charge in [-0.25, -0.2) is 0 Å². The Kier molecular flexibility index (Phi) is 3.88. The number of hydrogen-bond acceptors (Lipinski definition) is 1. The van der Waals surface area contributed by atoms with Crippen molar-refractivity contribution in [3.63, 3.8) is 0 Å². The third-order valence-corrected chi connectivity index (χ3v) is 2.28. The first-order chi connectivity index (χ1) is 4.93. The maximum absolute atomic E-state index is 2.59. The van der Waals surface area contributed by atoms with Gasteiger partial charge in [0.05, 0.1) is 0 Å². The molecule has 0 radical (unpaired) electrons. The van der Waals surface area contributed by atoms with E-state index in [9.17, 15) is 0 Å². The zero-order chi connectivity index (χ0) is 7.23. The lowest BCUT2D eigenvalue weighted by molar-refractivity contribution is 0.546. The quantitative estimate of drug-likeness (QED) is 0.422. The first-order valence-corrected chi connectivity index (χ1v) is 4.66. The average molecular weight is 139 g/mol. The second-order valence-electron chi connectivity index (χ2n) is 3.26. The van der Waals surface area contributed by atoms with Gasteiger partial charge in [0.15, 0.2) is 0 Å². The second kappa shape index (κ2) is 4.78. The van der Waals surface area contributed by atoms with Gasteiger partial charge in [0, 0.05) is 0 Å². The summed E-state index contributed by atoms with van der Waals surface area (Å²) in [5.74, 6) is 0. The Morgan fingerprint density at radius 2 is 2.00 bits per heavy atom. The van der Waals surface area contributed by atoms with Gasteiger partial charge in [-0.15, -0.1) is 0 Å². The Morgan fingerprint density at radius 1 is 1.30 bits per heavy atom. The molecule has 1 nitrogen and oxygen atoms in total. The summed E-state index contributed by atoms with van der Waals surface area (Å²) in [6, 6.07) is 0. The molecule has 1 aliphatic rings. The van der Waals surface area contributed by atoms with Gasteiger partial charge in [-0.3, -0.25) is 0 Å². The molecule has 1 fully saturated rings. The molecule has 0 aromatic heterocycles. The minimum Gasteiger partial charge on any atom is -0.345 e. The summed E-state index contributed by atoms with van der Waals surface area (Å²) in [6.07, 6.45) is 7.05. The molecule has 0 aromatic carbocycles. The lowest BCUT2D eigenvalue weighted by Gasteiger charge is -2.11. The predicted octanol–water partition coefficient (Wildman–Crippen LogP) is 1.65. The fourth-order valence-corrected chi connectivity index (χ4v) is 1.59. The van der Waals surface area contributed by atoms with E-state index in [1.807, 2.05) is 0 Å². The van der Waals surface area contributed by atoms with Crippen molar-refractivity contribution in [3.05, 3.63) is 0 Å². The van der Waals surface area contributed by atoms with Crippen LogP contribution in [0.25, 0.3) is 0 Å². The van der Waals surface area contributed by atoms with Gasteiger partial charge in [0.1, 0.15) is 0 Å². The zero-order valence-corrected chi connectivity index (χ0v) is 7.10. The lowest BCUT2D eigenvalue weighted by Crippen LogP contribution is -2.23. The molecule has 1 rings (SSSR count). The molecule has 0 bridgehead atoms. The van der Waals surface area contributed by atoms with E-state index < -0.39 is 0 Å². The van der Waals surface area contributed by atoms with Crippen LogP contribution in [0.5, 0.6) is 0 Å². The van der Waals surface area contributed by atoms with Gasteiger partial charge in [-0.05, 0) is 25.9 Å². The van der Waals surface area contributed by atoms with E-state index >= 15 is 0 Å². The highest BCUT2D eigenvalue weighted by Gasteiger charge is 2.10. The summed E-state index contributed by atoms with van der Waals surface area (Å²) in [7, 11) is 1.36. The molecule has 0 aromatic rings. The molecule has 0 N–H and O–H groups in total. The topological polar surface area (TPSA) is 3.24 Å². The van der Waals surface area contributed by atoms with E-state index in [-0.39, 0.29) is 0 Å². The minimum atomic E-state index is 1.36. The molecule has 0 aliphatic carbocycles. The smallest absolute Gasteiger partial charge is 0.204 e. The summed E-state index contributed by atoms with van der Waals surface area (Å²) < 4.78 is 0. The summed E-state index contributed by atoms with van der Waals surface area (Å²) in [5, 5.41) is 0. The highest BCUT2D eigenvalue weighted by molar-refractivity contribution is 6.31. The normalized spacial score (nSPS) is 19.7. The van der Waals surface area contributed by atoms with Gasteiger partial charge in [-0.2, -0.15) is 0 Å². The van der Waals surface area contributed by atoms with Crippen molar-refractivity contribution in [1.29, 1.82) is 0 Å². The summed E-state index contributed by atoms with van der Waals surface area (Å²) in [4.78, 5) is 2.59. The van der Waals surface area contributed by atoms with Crippen molar-refractivity contribution in [1.82, 2.24) is 4.81 Å². The van der Waals surface area contributed by atoms with E-state index in [4.69, 9.17) is 0 Å². The molecule has 0 amide bonds. The summed E-state index contributed by atoms with van der Waals surface area (Å²) in [5.41, 5.74) is 0. The van der Waals surface area contributed by atoms with E-state index in [0.717, 1.165) is 0 Å². The van der Waals surface area contributed by atoms with Crippen LogP contribution in [0.4, 0.5) is 0 Å². The molecule has 10 heavy (non-hydrogen) atoms. The Morgan fingerprint density at radius 3 is 2.60 bits per heavy atom. The third-order valence-electron chi connectivity index (χ3n) is 2.28. The summed E-state index contributed by atoms with van der Waals surface area (Å²) >= 11 is 0. The molecule has 0 unspecified atom stereocenters. The van der Waals surface area contributed by atoms with Crippen LogP contribution in [0.1, 0.15) is 32.6 Å². The Labute approximate surface area is 65.1 Å². The van der Waals surface area contributed by atoms with Crippen LogP contribution in [0, 0.1) is 0 Å². The van der Waals surface area contributed by atoms with Gasteiger partial charge < -0.3 is 4.81 Å². The fourth-order valence-electron chi connectivity index (χ4n) is 1.59. The van der Waals surface area contributed by atoms with Gasteiger partial charge in [0.25, 0.3) is 0 Å². The van der Waals surface area contributed by atoms with Gasteiger partial charge in [-0.1, -0.05) is 26.1 Å². The Hall–Kier alpha value is 0.0249. The van der Waals surface area contributed by atoms with E-state index in [0.29, 0.717) is 0 Å². The Balaban J connectivity index is 1.91. The van der Waals surface area contributed by atoms with Crippen molar-refractivity contribution in [2.24, 2.45) is 0 Å². The largest absolute Gasteiger partial charge is 0.345 e. The molecule has 58 valence electrons. The van der Waals surface area contributed by atoms with Crippen molar-refractivity contribution in [3.8, 4) is 0 Å². The molecule has 2 heteroatoms. The van der Waals surface area contributed by atoms with Crippen LogP contribution in [0.3, 0.4) is 0 Å². The predicted molar refractivity (Wildman–Crippen MR) is 47.7 cm³/mol. The van der Waals surface area contributed by atoms with Crippen LogP contribution in [0.15, 0.2) is 0 Å². The SMILES string of the molecule is CCCCBN1CCCC1. The van der Waals surface area contributed by atoms with Gasteiger partial charge >= 0.3 is 0 Å². The molecular formula is C8H18BN. The lowest BCUT2D eigenvalue weighted by atomic mass is 9.84. The number of unbranched alkanes of at least 4 members (excludes halogenated alkanes) is 1. The van der Waals surface area contributed by atoms with Crippen LogP contribution in [-0.2, 0) is 0 Å². The van der Waals surface area contributed by atoms with Gasteiger partial charge in [0.2, 0.25) is 7.41 Å². The molecule has 1 heterocycles. The Bertz CT molecular complexity index is 79.3. The van der Waals surface area contributed by atoms with E-state index in [2.05, 4.69) is 11.7 Å². The van der Waals surface area contributed by atoms with E-state index in [1.54, 1.807) is 0 Å². The number of rotatable bonds is 4. The average Bonchev–Trinajstić information content (AvgIpc) is 2.41. The van der Waals surface area contributed by atoms with E-state index in [1.165, 1.54) is 52.5 Å². The fraction of sp³-hybridized carbons (Fsp3) is 1.00. The van der Waals surface area contributed by atoms with Crippen molar-refractivity contribution < 1.29 is 0 Å². The van der Waals surface area contributed by atoms with Crippen LogP contribution in [0.2, 0.25) is 6.32 Å². The highest BCUT2D eigenvalue weighted by Crippen LogP contribution is 2.07. The molecule has 1 aliphatic heterocycles. The first-order valence-electron chi connectivity index (χ1n) is 4.66. The van der Waals surface area contributed by atoms with Crippen LogP contribution in [-0.4, -0.2) is 25.3 Å². The monoisotopic (exact) mass is 139 g/mol. The van der Waals surface area contributed by atoms with Crippen molar-refractivity contribution in [2.45, 2.75) is 38.9 Å². The maximum Gasteiger partial charge on any atom is 0.204 e. The molecular weight excluding hydrogens is 121 g/mol. The van der Waals surface area contributed by atoms with Crippen molar-refractivity contribution >= 4 is 7.41 Å². The first kappa shape index (κ1) is 8.12. The summed E-state index contributed by atoms with van der Waals surface area (Å²) in [6.45, 7) is 5.00. The molecule has 0 saturated carbocycles. The van der Waals surface area contributed by atoms with Crippen LogP contribution >= 0.6 is 0 Å². The standard InChI is InChI=1S/C8H18BN/c1-2-3-6-9-10-7-4-5-8-10/h9H,2-8H2,1H3. The maximum atomic E-state index is 2.59. The van der Waals surface area contributed by atoms with Crippen LogP contribution < -0.4 is 0 Å². The zero-order valence-electron chi connectivity index (χ0n) is 7.10. The third kappa shape index (κ3) is 2.74. The molecule has 1 saturated heterocycles. The highest BCUT2D eigenvalue weighted by atomic mass is 15.1.